The smallest absolute Gasteiger partial charge is 0 e. The Hall–Kier alpha value is -0.786. The van der Waals surface area contributed by atoms with E-state index in [4.69, 9.17) is 0 Å². The van der Waals surface area contributed by atoms with Gasteiger partial charge in [0, 0.05) is 32.7 Å². The molecule has 0 saturated carbocycles. The quantitative estimate of drug-likeness (QED) is 0.712. The molecule has 0 aromatic heterocycles. The minimum absolute atomic E-state index is 0. The maximum Gasteiger partial charge on any atom is 0 e. The van der Waals surface area contributed by atoms with E-state index < -0.39 is 0 Å². The first-order valence-corrected chi connectivity index (χ1v) is 6.89. The third kappa shape index (κ3) is 7.72. The molecule has 0 N–H and O–H groups in total. The Kier molecular flexibility index (Phi) is 15.7. The molecule has 2 heteroatoms. The predicted molar refractivity (Wildman–Crippen MR) is 84.0 cm³/mol. The molecule has 0 spiro atoms. The topological polar surface area (TPSA) is 17.1 Å². The van der Waals surface area contributed by atoms with E-state index in [-0.39, 0.29) is 32.7 Å². The van der Waals surface area contributed by atoms with Gasteiger partial charge in [-0.15, -0.1) is 6.42 Å². The molecule has 0 heterocycles. The molecule has 2 rings (SSSR count). The molecule has 1 nitrogen and oxygen atoms in total. The van der Waals surface area contributed by atoms with E-state index in [1.54, 1.807) is 0 Å². The molecule has 0 bridgehead atoms. The van der Waals surface area contributed by atoms with Crippen LogP contribution in [-0.2, 0) is 43.9 Å². The molecule has 2 aromatic rings. The number of carbonyl (C=O) groups excluding carboxylic acids is 1. The van der Waals surface area contributed by atoms with Gasteiger partial charge >= 0.3 is 0 Å². The number of hydrogen-bond donors (Lipinski definition) is 0. The second-order valence-electron chi connectivity index (χ2n) is 3.38. The predicted octanol–water partition coefficient (Wildman–Crippen LogP) is 5.06. The number of hydrogen-bond acceptors (Lipinski definition) is 1. The van der Waals surface area contributed by atoms with Gasteiger partial charge in [0.25, 0.3) is 0 Å². The van der Waals surface area contributed by atoms with Crippen molar-refractivity contribution in [3.8, 4) is 11.1 Å². The van der Waals surface area contributed by atoms with Gasteiger partial charge in [-0.1, -0.05) is 87.9 Å². The van der Waals surface area contributed by atoms with Gasteiger partial charge in [0.1, 0.15) is 0 Å². The first kappa shape index (κ1) is 21.5. The van der Waals surface area contributed by atoms with Gasteiger partial charge in [0.05, 0.1) is 0 Å². The minimum Gasteiger partial charge on any atom is -0.541 e. The van der Waals surface area contributed by atoms with Crippen LogP contribution in [0.3, 0.4) is 0 Å². The van der Waals surface area contributed by atoms with Crippen molar-refractivity contribution < 1.29 is 37.5 Å². The van der Waals surface area contributed by atoms with Gasteiger partial charge in [-0.25, -0.2) is 0 Å². The maximum atomic E-state index is 10.2. The number of benzene rings is 2. The average Bonchev–Trinajstić information content (AvgIpc) is 2.53. The Morgan fingerprint density at radius 2 is 1.20 bits per heavy atom. The van der Waals surface area contributed by atoms with Crippen LogP contribution in [0.5, 0.6) is 0 Å². The van der Waals surface area contributed by atoms with Crippen LogP contribution in [0.4, 0.5) is 0 Å². The SMILES string of the molecule is CC.CC.O=[C-]Cc1ccc(-c2ccccc2)cc1.[Y]. The van der Waals surface area contributed by atoms with Crippen LogP contribution in [-0.4, -0.2) is 6.29 Å². The van der Waals surface area contributed by atoms with Crippen LogP contribution >= 0.6 is 0 Å². The van der Waals surface area contributed by atoms with E-state index in [1.807, 2.05) is 76.4 Å². The van der Waals surface area contributed by atoms with E-state index in [0.29, 0.717) is 6.42 Å². The minimum atomic E-state index is 0. The third-order valence-electron chi connectivity index (χ3n) is 2.34. The van der Waals surface area contributed by atoms with Crippen molar-refractivity contribution in [2.45, 2.75) is 34.1 Å². The molecule has 2 aromatic carbocycles. The summed E-state index contributed by atoms with van der Waals surface area (Å²) in [5.74, 6) is 0. The van der Waals surface area contributed by atoms with Gasteiger partial charge in [-0.3, -0.25) is 6.29 Å². The number of rotatable bonds is 3. The van der Waals surface area contributed by atoms with Gasteiger partial charge in [0.2, 0.25) is 0 Å². The monoisotopic (exact) mass is 344 g/mol. The average molecular weight is 344 g/mol. The second kappa shape index (κ2) is 14.6. The van der Waals surface area contributed by atoms with Crippen LogP contribution in [0.15, 0.2) is 54.6 Å². The van der Waals surface area contributed by atoms with Crippen molar-refractivity contribution in [1.29, 1.82) is 0 Å². The summed E-state index contributed by atoms with van der Waals surface area (Å²) in [5, 5.41) is 0. The molecule has 0 aliphatic carbocycles. The van der Waals surface area contributed by atoms with Crippen LogP contribution in [0.1, 0.15) is 33.3 Å². The van der Waals surface area contributed by atoms with Gasteiger partial charge < -0.3 is 4.79 Å². The Morgan fingerprint density at radius 1 is 0.750 bits per heavy atom. The fourth-order valence-corrected chi connectivity index (χ4v) is 1.53. The van der Waals surface area contributed by atoms with E-state index in [0.717, 1.165) is 5.56 Å². The van der Waals surface area contributed by atoms with Crippen molar-refractivity contribution in [3.05, 3.63) is 60.2 Å². The second-order valence-corrected chi connectivity index (χ2v) is 3.38. The van der Waals surface area contributed by atoms with Crippen LogP contribution < -0.4 is 0 Å². The molecule has 0 saturated heterocycles. The molecule has 0 unspecified atom stereocenters. The summed E-state index contributed by atoms with van der Waals surface area (Å²) >= 11 is 0. The van der Waals surface area contributed by atoms with E-state index in [2.05, 4.69) is 12.1 Å². The molecular formula is C18H23OY-. The molecule has 0 atom stereocenters. The van der Waals surface area contributed by atoms with Gasteiger partial charge in [-0.2, -0.15) is 0 Å². The Balaban J connectivity index is 0. The zero-order chi connectivity index (χ0) is 14.5. The van der Waals surface area contributed by atoms with Crippen LogP contribution in [0.2, 0.25) is 0 Å². The molecule has 0 fully saturated rings. The summed E-state index contributed by atoms with van der Waals surface area (Å²) in [4.78, 5) is 10.2. The largest absolute Gasteiger partial charge is 0.541 e. The Labute approximate surface area is 148 Å². The van der Waals surface area contributed by atoms with Crippen LogP contribution in [0, 0.1) is 0 Å². The van der Waals surface area contributed by atoms with E-state index in [1.165, 1.54) is 11.1 Å². The zero-order valence-corrected chi connectivity index (χ0v) is 15.7. The Bertz CT molecular complexity index is 435. The summed E-state index contributed by atoms with van der Waals surface area (Å²) < 4.78 is 0. The molecule has 0 aliphatic heterocycles. The van der Waals surface area contributed by atoms with Gasteiger partial charge in [-0.05, 0) is 11.1 Å². The maximum absolute atomic E-state index is 10.2. The molecular weight excluding hydrogens is 321 g/mol. The molecule has 1 radical (unpaired) electrons. The van der Waals surface area contributed by atoms with Crippen molar-refractivity contribution >= 4 is 6.29 Å². The summed E-state index contributed by atoms with van der Waals surface area (Å²) in [6.45, 7) is 8.00. The van der Waals surface area contributed by atoms with Crippen molar-refractivity contribution in [2.75, 3.05) is 0 Å². The summed E-state index contributed by atoms with van der Waals surface area (Å²) in [6, 6.07) is 18.2. The Morgan fingerprint density at radius 3 is 1.65 bits per heavy atom. The van der Waals surface area contributed by atoms with E-state index in [9.17, 15) is 4.79 Å². The van der Waals surface area contributed by atoms with Crippen molar-refractivity contribution in [3.63, 3.8) is 0 Å². The first-order valence-electron chi connectivity index (χ1n) is 6.89. The van der Waals surface area contributed by atoms with Gasteiger partial charge in [0.15, 0.2) is 0 Å². The molecule has 105 valence electrons. The normalized spacial score (nSPS) is 8.00. The third-order valence-corrected chi connectivity index (χ3v) is 2.34. The summed E-state index contributed by atoms with van der Waals surface area (Å²) in [6.07, 6.45) is 2.26. The molecule has 0 aliphatic rings. The zero-order valence-electron chi connectivity index (χ0n) is 12.9. The fraction of sp³-hybridized carbons (Fsp3) is 0.278. The standard InChI is InChI=1S/C14H11O.2C2H6.Y/c15-11-10-12-6-8-14(9-7-12)13-4-2-1-3-5-13;2*1-2;/h1-9H,10H2;2*1-2H3;/q-1;;;. The first-order chi connectivity index (χ1) is 9.40. The molecule has 20 heavy (non-hydrogen) atoms. The fourth-order valence-electron chi connectivity index (χ4n) is 1.53. The van der Waals surface area contributed by atoms with Crippen molar-refractivity contribution in [2.24, 2.45) is 0 Å². The molecule has 0 amide bonds. The van der Waals surface area contributed by atoms with Crippen LogP contribution in [0.25, 0.3) is 11.1 Å². The summed E-state index contributed by atoms with van der Waals surface area (Å²) in [7, 11) is 0. The summed E-state index contributed by atoms with van der Waals surface area (Å²) in [5.41, 5.74) is 3.37. The van der Waals surface area contributed by atoms with Crippen molar-refractivity contribution in [1.82, 2.24) is 0 Å². The van der Waals surface area contributed by atoms with E-state index >= 15 is 0 Å².